The summed E-state index contributed by atoms with van der Waals surface area (Å²) in [6.45, 7) is 5.56. The van der Waals surface area contributed by atoms with Crippen molar-refractivity contribution in [3.8, 4) is 0 Å². The lowest BCUT2D eigenvalue weighted by Crippen LogP contribution is -2.34. The standard InChI is InChI=1S/C23H26O3/c1-2-23(26-18-20-11-7-4-8-12-20)16-21(15-22(23)24)13-14-25-17-19-9-5-3-6-10-19/h2-12,21H,1,13-18H2/t21-,23+/m1/s1. The van der Waals surface area contributed by atoms with E-state index in [1.54, 1.807) is 6.08 Å². The minimum absolute atomic E-state index is 0.136. The first-order chi connectivity index (χ1) is 12.7. The maximum Gasteiger partial charge on any atom is 0.168 e. The predicted molar refractivity (Wildman–Crippen MR) is 103 cm³/mol. The van der Waals surface area contributed by atoms with E-state index in [0.29, 0.717) is 32.7 Å². The Hall–Kier alpha value is -2.23. The van der Waals surface area contributed by atoms with E-state index < -0.39 is 5.60 Å². The molecule has 0 unspecified atom stereocenters. The summed E-state index contributed by atoms with van der Waals surface area (Å²) in [7, 11) is 0. The van der Waals surface area contributed by atoms with Gasteiger partial charge in [-0.1, -0.05) is 73.3 Å². The summed E-state index contributed by atoms with van der Waals surface area (Å²) in [5.41, 5.74) is 1.39. The van der Waals surface area contributed by atoms with Crippen LogP contribution in [0.1, 0.15) is 30.4 Å². The van der Waals surface area contributed by atoms with E-state index in [1.165, 1.54) is 5.56 Å². The molecule has 3 heteroatoms. The minimum Gasteiger partial charge on any atom is -0.377 e. The molecule has 0 amide bonds. The third-order valence-corrected chi connectivity index (χ3v) is 4.99. The molecule has 3 nitrogen and oxygen atoms in total. The highest BCUT2D eigenvalue weighted by atomic mass is 16.5. The molecule has 0 heterocycles. The second kappa shape index (κ2) is 8.93. The van der Waals surface area contributed by atoms with Crippen molar-refractivity contribution < 1.29 is 14.3 Å². The van der Waals surface area contributed by atoms with E-state index in [4.69, 9.17) is 9.47 Å². The molecule has 3 rings (SSSR count). The molecule has 2 aromatic rings. The molecule has 0 saturated heterocycles. The van der Waals surface area contributed by atoms with Crippen LogP contribution in [0.3, 0.4) is 0 Å². The number of rotatable bonds is 9. The Bertz CT molecular complexity index is 711. The first-order valence-electron chi connectivity index (χ1n) is 9.18. The van der Waals surface area contributed by atoms with E-state index in [2.05, 4.69) is 18.7 Å². The van der Waals surface area contributed by atoms with Gasteiger partial charge in [-0.3, -0.25) is 4.79 Å². The Kier molecular flexibility index (Phi) is 6.37. The number of hydrogen-bond donors (Lipinski definition) is 0. The van der Waals surface area contributed by atoms with Crippen LogP contribution in [0.25, 0.3) is 0 Å². The smallest absolute Gasteiger partial charge is 0.168 e. The van der Waals surface area contributed by atoms with Crippen LogP contribution in [-0.4, -0.2) is 18.0 Å². The van der Waals surface area contributed by atoms with Gasteiger partial charge in [-0.25, -0.2) is 0 Å². The summed E-state index contributed by atoms with van der Waals surface area (Å²) in [6, 6.07) is 20.1. The lowest BCUT2D eigenvalue weighted by Gasteiger charge is -2.24. The molecule has 0 spiro atoms. The Labute approximate surface area is 155 Å². The van der Waals surface area contributed by atoms with Crippen molar-refractivity contribution >= 4 is 5.78 Å². The predicted octanol–water partition coefficient (Wildman–Crippen LogP) is 4.71. The lowest BCUT2D eigenvalue weighted by atomic mass is 9.98. The fraction of sp³-hybridized carbons (Fsp3) is 0.348. The van der Waals surface area contributed by atoms with E-state index >= 15 is 0 Å². The van der Waals surface area contributed by atoms with Crippen LogP contribution < -0.4 is 0 Å². The molecule has 1 aliphatic rings. The average Bonchev–Trinajstić information content (AvgIpc) is 3.01. The van der Waals surface area contributed by atoms with Crippen LogP contribution in [0, 0.1) is 5.92 Å². The molecule has 1 aliphatic carbocycles. The molecule has 26 heavy (non-hydrogen) atoms. The Morgan fingerprint density at radius 3 is 2.23 bits per heavy atom. The first kappa shape index (κ1) is 18.6. The Morgan fingerprint density at radius 1 is 1.00 bits per heavy atom. The second-order valence-electron chi connectivity index (χ2n) is 6.89. The highest BCUT2D eigenvalue weighted by Gasteiger charge is 2.45. The van der Waals surface area contributed by atoms with Crippen LogP contribution in [0.2, 0.25) is 0 Å². The third-order valence-electron chi connectivity index (χ3n) is 4.99. The van der Waals surface area contributed by atoms with Gasteiger partial charge in [0.25, 0.3) is 0 Å². The summed E-state index contributed by atoms with van der Waals surface area (Å²) in [5.74, 6) is 0.420. The molecule has 0 bridgehead atoms. The molecular weight excluding hydrogens is 324 g/mol. The quantitative estimate of drug-likeness (QED) is 0.485. The number of carbonyl (C=O) groups is 1. The van der Waals surface area contributed by atoms with Crippen molar-refractivity contribution in [3.05, 3.63) is 84.4 Å². The second-order valence-corrected chi connectivity index (χ2v) is 6.89. The molecule has 0 aliphatic heterocycles. The fourth-order valence-corrected chi connectivity index (χ4v) is 3.45. The van der Waals surface area contributed by atoms with E-state index in [-0.39, 0.29) is 11.7 Å². The molecule has 1 saturated carbocycles. The topological polar surface area (TPSA) is 35.5 Å². The number of carbonyl (C=O) groups excluding carboxylic acids is 1. The number of hydrogen-bond acceptors (Lipinski definition) is 3. The number of Topliss-reactive ketones (excluding diaryl/α,β-unsaturated/α-hetero) is 1. The molecule has 1 fully saturated rings. The van der Waals surface area contributed by atoms with Gasteiger partial charge in [0.1, 0.15) is 5.60 Å². The van der Waals surface area contributed by atoms with Crippen LogP contribution >= 0.6 is 0 Å². The van der Waals surface area contributed by atoms with Crippen LogP contribution in [0.5, 0.6) is 0 Å². The van der Waals surface area contributed by atoms with Crippen LogP contribution in [0.4, 0.5) is 0 Å². The van der Waals surface area contributed by atoms with Crippen molar-refractivity contribution in [2.45, 2.75) is 38.1 Å². The monoisotopic (exact) mass is 350 g/mol. The minimum atomic E-state index is -0.847. The lowest BCUT2D eigenvalue weighted by molar-refractivity contribution is -0.135. The SMILES string of the molecule is C=C[C@]1(OCc2ccccc2)C[C@H](CCOCc2ccccc2)CC1=O. The van der Waals surface area contributed by atoms with E-state index in [9.17, 15) is 4.79 Å². The normalized spacial score (nSPS) is 22.5. The van der Waals surface area contributed by atoms with Crippen molar-refractivity contribution in [3.63, 3.8) is 0 Å². The summed E-state index contributed by atoms with van der Waals surface area (Å²) in [6.07, 6.45) is 3.78. The van der Waals surface area contributed by atoms with Gasteiger partial charge in [0.05, 0.1) is 13.2 Å². The summed E-state index contributed by atoms with van der Waals surface area (Å²) in [5, 5.41) is 0. The first-order valence-corrected chi connectivity index (χ1v) is 9.18. The number of benzene rings is 2. The van der Waals surface area contributed by atoms with E-state index in [0.717, 1.165) is 12.0 Å². The number of ether oxygens (including phenoxy) is 2. The largest absolute Gasteiger partial charge is 0.377 e. The molecule has 0 N–H and O–H groups in total. The van der Waals surface area contributed by atoms with E-state index in [1.807, 2.05) is 48.5 Å². The highest BCUT2D eigenvalue weighted by Crippen LogP contribution is 2.38. The Balaban J connectivity index is 1.47. The average molecular weight is 350 g/mol. The summed E-state index contributed by atoms with van der Waals surface area (Å²) >= 11 is 0. The Morgan fingerprint density at radius 2 is 1.62 bits per heavy atom. The molecular formula is C23H26O3. The molecule has 136 valence electrons. The fourth-order valence-electron chi connectivity index (χ4n) is 3.45. The zero-order valence-electron chi connectivity index (χ0n) is 15.1. The van der Waals surface area contributed by atoms with Gasteiger partial charge in [-0.05, 0) is 29.9 Å². The van der Waals surface area contributed by atoms with Crippen molar-refractivity contribution in [2.24, 2.45) is 5.92 Å². The zero-order valence-corrected chi connectivity index (χ0v) is 15.1. The molecule has 0 radical (unpaired) electrons. The van der Waals surface area contributed by atoms with Gasteiger partial charge >= 0.3 is 0 Å². The van der Waals surface area contributed by atoms with Crippen molar-refractivity contribution in [1.82, 2.24) is 0 Å². The van der Waals surface area contributed by atoms with Gasteiger partial charge < -0.3 is 9.47 Å². The zero-order chi connectivity index (χ0) is 18.2. The molecule has 0 aromatic heterocycles. The van der Waals surface area contributed by atoms with Crippen LogP contribution in [0.15, 0.2) is 73.3 Å². The van der Waals surface area contributed by atoms with Gasteiger partial charge in [-0.15, -0.1) is 0 Å². The maximum atomic E-state index is 12.6. The third kappa shape index (κ3) is 4.69. The van der Waals surface area contributed by atoms with Gasteiger partial charge in [-0.2, -0.15) is 0 Å². The maximum absolute atomic E-state index is 12.6. The highest BCUT2D eigenvalue weighted by molar-refractivity contribution is 5.91. The number of ketones is 1. The summed E-state index contributed by atoms with van der Waals surface area (Å²) in [4.78, 5) is 12.6. The van der Waals surface area contributed by atoms with Crippen molar-refractivity contribution in [2.75, 3.05) is 6.61 Å². The van der Waals surface area contributed by atoms with Gasteiger partial charge in [0.15, 0.2) is 5.78 Å². The molecule has 2 aromatic carbocycles. The van der Waals surface area contributed by atoms with Gasteiger partial charge in [0.2, 0.25) is 0 Å². The van der Waals surface area contributed by atoms with Gasteiger partial charge in [0, 0.05) is 13.0 Å². The van der Waals surface area contributed by atoms with Crippen molar-refractivity contribution in [1.29, 1.82) is 0 Å². The molecule has 2 atom stereocenters. The summed E-state index contributed by atoms with van der Waals surface area (Å²) < 4.78 is 11.8. The van der Waals surface area contributed by atoms with Crippen LogP contribution in [-0.2, 0) is 27.5 Å².